The first-order valence-electron chi connectivity index (χ1n) is 6.33. The topological polar surface area (TPSA) is 43.4 Å². The van der Waals surface area contributed by atoms with Gasteiger partial charge in [0.1, 0.15) is 5.75 Å². The summed E-state index contributed by atoms with van der Waals surface area (Å²) < 4.78 is 10.6. The number of methoxy groups -OCH3 is 1. The second-order valence-corrected chi connectivity index (χ2v) is 5.45. The van der Waals surface area contributed by atoms with E-state index in [0.29, 0.717) is 5.41 Å². The van der Waals surface area contributed by atoms with Gasteiger partial charge in [-0.2, -0.15) is 0 Å². The summed E-state index contributed by atoms with van der Waals surface area (Å²) in [4.78, 5) is 4.48. The molecule has 100 valence electrons. The number of nitrogens with one attached hydrogen (secondary N) is 1. The zero-order valence-electron chi connectivity index (χ0n) is 11.7. The molecule has 2 heterocycles. The summed E-state index contributed by atoms with van der Waals surface area (Å²) in [7, 11) is 1.71. The van der Waals surface area contributed by atoms with Gasteiger partial charge in [0, 0.05) is 35.8 Å². The van der Waals surface area contributed by atoms with E-state index in [1.807, 2.05) is 13.1 Å². The molecule has 1 saturated heterocycles. The first kappa shape index (κ1) is 13.3. The first-order valence-corrected chi connectivity index (χ1v) is 6.33. The summed E-state index contributed by atoms with van der Waals surface area (Å²) >= 11 is 0. The van der Waals surface area contributed by atoms with Gasteiger partial charge in [0.2, 0.25) is 0 Å². The molecule has 0 radical (unpaired) electrons. The van der Waals surface area contributed by atoms with Gasteiger partial charge in [-0.1, -0.05) is 6.92 Å². The molecule has 4 heteroatoms. The van der Waals surface area contributed by atoms with Crippen molar-refractivity contribution in [3.05, 3.63) is 23.0 Å². The average Bonchev–Trinajstić information content (AvgIpc) is 2.30. The van der Waals surface area contributed by atoms with Crippen LogP contribution in [0.15, 0.2) is 6.20 Å². The second kappa shape index (κ2) is 5.24. The molecule has 0 amide bonds. The van der Waals surface area contributed by atoms with Crippen molar-refractivity contribution in [1.82, 2.24) is 10.3 Å². The molecule has 0 aliphatic carbocycles. The SMILES string of the molecule is COc1c(C)cnc(CNCC2(C)COC2)c1C. The zero-order chi connectivity index (χ0) is 13.2. The number of hydrogen-bond acceptors (Lipinski definition) is 4. The van der Waals surface area contributed by atoms with Crippen LogP contribution in [0.2, 0.25) is 0 Å². The number of nitrogens with zero attached hydrogens (tertiary/aromatic N) is 1. The van der Waals surface area contributed by atoms with E-state index in [2.05, 4.69) is 24.1 Å². The molecular weight excluding hydrogens is 228 g/mol. The van der Waals surface area contributed by atoms with E-state index >= 15 is 0 Å². The van der Waals surface area contributed by atoms with Gasteiger partial charge < -0.3 is 14.8 Å². The summed E-state index contributed by atoms with van der Waals surface area (Å²) in [5.41, 5.74) is 3.56. The van der Waals surface area contributed by atoms with Crippen molar-refractivity contribution in [1.29, 1.82) is 0 Å². The normalized spacial score (nSPS) is 17.3. The Morgan fingerprint density at radius 2 is 2.17 bits per heavy atom. The third kappa shape index (κ3) is 2.65. The third-order valence-corrected chi connectivity index (χ3v) is 3.50. The largest absolute Gasteiger partial charge is 0.496 e. The highest BCUT2D eigenvalue weighted by molar-refractivity contribution is 5.40. The second-order valence-electron chi connectivity index (χ2n) is 5.45. The predicted octanol–water partition coefficient (Wildman–Crippen LogP) is 1.83. The van der Waals surface area contributed by atoms with Crippen LogP contribution in [0.5, 0.6) is 5.75 Å². The van der Waals surface area contributed by atoms with Crippen molar-refractivity contribution < 1.29 is 9.47 Å². The minimum atomic E-state index is 0.294. The number of ether oxygens (including phenoxy) is 2. The van der Waals surface area contributed by atoms with E-state index < -0.39 is 0 Å². The van der Waals surface area contributed by atoms with E-state index in [-0.39, 0.29) is 0 Å². The van der Waals surface area contributed by atoms with Gasteiger partial charge in [0.25, 0.3) is 0 Å². The van der Waals surface area contributed by atoms with Gasteiger partial charge >= 0.3 is 0 Å². The number of aryl methyl sites for hydroxylation is 1. The molecule has 1 aromatic rings. The van der Waals surface area contributed by atoms with E-state index in [1.165, 1.54) is 0 Å². The van der Waals surface area contributed by atoms with Gasteiger partial charge in [-0.05, 0) is 13.8 Å². The smallest absolute Gasteiger partial charge is 0.128 e. The lowest BCUT2D eigenvalue weighted by atomic mass is 9.89. The minimum Gasteiger partial charge on any atom is -0.496 e. The molecule has 0 atom stereocenters. The van der Waals surface area contributed by atoms with Gasteiger partial charge in [0.05, 0.1) is 26.0 Å². The van der Waals surface area contributed by atoms with Crippen LogP contribution in [0.4, 0.5) is 0 Å². The predicted molar refractivity (Wildman–Crippen MR) is 70.9 cm³/mol. The molecule has 1 N–H and O–H groups in total. The van der Waals surface area contributed by atoms with E-state index in [1.54, 1.807) is 7.11 Å². The van der Waals surface area contributed by atoms with Crippen LogP contribution in [-0.4, -0.2) is 31.9 Å². The monoisotopic (exact) mass is 250 g/mol. The maximum atomic E-state index is 5.41. The number of rotatable bonds is 5. The Morgan fingerprint density at radius 1 is 1.44 bits per heavy atom. The van der Waals surface area contributed by atoms with E-state index in [4.69, 9.17) is 9.47 Å². The van der Waals surface area contributed by atoms with Crippen LogP contribution < -0.4 is 10.1 Å². The quantitative estimate of drug-likeness (QED) is 0.866. The van der Waals surface area contributed by atoms with Gasteiger partial charge in [-0.15, -0.1) is 0 Å². The Labute approximate surface area is 109 Å². The Balaban J connectivity index is 1.97. The summed E-state index contributed by atoms with van der Waals surface area (Å²) in [6.45, 7) is 9.75. The van der Waals surface area contributed by atoms with Crippen LogP contribution in [0.3, 0.4) is 0 Å². The van der Waals surface area contributed by atoms with Crippen LogP contribution in [-0.2, 0) is 11.3 Å². The molecule has 18 heavy (non-hydrogen) atoms. The molecule has 1 aliphatic heterocycles. The standard InChI is InChI=1S/C14H22N2O2/c1-10-5-16-12(11(2)13(10)17-4)6-15-7-14(3)8-18-9-14/h5,15H,6-9H2,1-4H3. The van der Waals surface area contributed by atoms with E-state index in [0.717, 1.165) is 48.9 Å². The van der Waals surface area contributed by atoms with Crippen molar-refractivity contribution in [2.24, 2.45) is 5.41 Å². The fourth-order valence-corrected chi connectivity index (χ4v) is 2.28. The molecule has 0 unspecified atom stereocenters. The molecule has 4 nitrogen and oxygen atoms in total. The molecule has 1 fully saturated rings. The highest BCUT2D eigenvalue weighted by Crippen LogP contribution is 2.26. The minimum absolute atomic E-state index is 0.294. The van der Waals surface area contributed by atoms with Crippen LogP contribution in [0.1, 0.15) is 23.7 Å². The zero-order valence-corrected chi connectivity index (χ0v) is 11.7. The third-order valence-electron chi connectivity index (χ3n) is 3.50. The van der Waals surface area contributed by atoms with Crippen molar-refractivity contribution in [2.75, 3.05) is 26.9 Å². The van der Waals surface area contributed by atoms with E-state index in [9.17, 15) is 0 Å². The van der Waals surface area contributed by atoms with Crippen molar-refractivity contribution in [3.63, 3.8) is 0 Å². The lowest BCUT2D eigenvalue weighted by Crippen LogP contribution is -2.47. The molecule has 1 aliphatic rings. The van der Waals surface area contributed by atoms with Crippen molar-refractivity contribution in [2.45, 2.75) is 27.3 Å². The Hall–Kier alpha value is -1.13. The summed E-state index contributed by atoms with van der Waals surface area (Å²) in [5, 5.41) is 3.46. The lowest BCUT2D eigenvalue weighted by Gasteiger charge is -2.38. The summed E-state index contributed by atoms with van der Waals surface area (Å²) in [5.74, 6) is 0.944. The Bertz CT molecular complexity index is 428. The summed E-state index contributed by atoms with van der Waals surface area (Å²) in [6.07, 6.45) is 1.87. The van der Waals surface area contributed by atoms with Crippen LogP contribution in [0.25, 0.3) is 0 Å². The first-order chi connectivity index (χ1) is 8.56. The Kier molecular flexibility index (Phi) is 3.88. The highest BCUT2D eigenvalue weighted by Gasteiger charge is 2.32. The molecule has 0 aromatic carbocycles. The highest BCUT2D eigenvalue weighted by atomic mass is 16.5. The Morgan fingerprint density at radius 3 is 2.72 bits per heavy atom. The maximum absolute atomic E-state index is 5.41. The molecule has 2 rings (SSSR count). The summed E-state index contributed by atoms with van der Waals surface area (Å²) in [6, 6.07) is 0. The molecule has 1 aromatic heterocycles. The number of pyridine rings is 1. The van der Waals surface area contributed by atoms with Crippen LogP contribution >= 0.6 is 0 Å². The fourth-order valence-electron chi connectivity index (χ4n) is 2.28. The van der Waals surface area contributed by atoms with Gasteiger partial charge in [0.15, 0.2) is 0 Å². The molecule has 0 spiro atoms. The number of hydrogen-bond donors (Lipinski definition) is 1. The fraction of sp³-hybridized carbons (Fsp3) is 0.643. The van der Waals surface area contributed by atoms with Gasteiger partial charge in [-0.3, -0.25) is 4.98 Å². The maximum Gasteiger partial charge on any atom is 0.128 e. The average molecular weight is 250 g/mol. The number of aromatic nitrogens is 1. The molecular formula is C14H22N2O2. The lowest BCUT2D eigenvalue weighted by molar-refractivity contribution is -0.0991. The molecule has 0 saturated carbocycles. The van der Waals surface area contributed by atoms with Gasteiger partial charge in [-0.25, -0.2) is 0 Å². The van der Waals surface area contributed by atoms with Crippen molar-refractivity contribution in [3.8, 4) is 5.75 Å². The van der Waals surface area contributed by atoms with Crippen LogP contribution in [0, 0.1) is 19.3 Å². The molecule has 0 bridgehead atoms. The van der Waals surface area contributed by atoms with Crippen molar-refractivity contribution >= 4 is 0 Å².